The van der Waals surface area contributed by atoms with Crippen LogP contribution in [0.4, 0.5) is 11.4 Å². The van der Waals surface area contributed by atoms with E-state index in [1.165, 1.54) is 6.07 Å². The van der Waals surface area contributed by atoms with Gasteiger partial charge in [0.15, 0.2) is 5.82 Å². The molecule has 1 unspecified atom stereocenters. The molecule has 2 aromatic rings. The Bertz CT molecular complexity index is 608. The van der Waals surface area contributed by atoms with E-state index in [1.54, 1.807) is 23.0 Å². The molecule has 0 amide bonds. The Balaban J connectivity index is 2.27. The molecule has 19 heavy (non-hydrogen) atoms. The number of nitrogens with two attached hydrogens (primary N) is 1. The Morgan fingerprint density at radius 1 is 1.53 bits per heavy atom. The molecule has 0 saturated heterocycles. The Kier molecular flexibility index (Phi) is 3.37. The maximum atomic E-state index is 11.0. The third-order valence-electron chi connectivity index (χ3n) is 2.84. The monoisotopic (exact) mass is 261 g/mol. The van der Waals surface area contributed by atoms with Gasteiger partial charge in [0.25, 0.3) is 0 Å². The number of nitrogen functional groups attached to an aromatic ring is 1. The van der Waals surface area contributed by atoms with Crippen LogP contribution in [0.5, 0.6) is 0 Å². The molecule has 100 valence electrons. The first-order chi connectivity index (χ1) is 9.00. The van der Waals surface area contributed by atoms with Gasteiger partial charge >= 0.3 is 5.97 Å². The Hall–Kier alpha value is -2.57. The molecule has 0 saturated carbocycles. The van der Waals surface area contributed by atoms with Crippen LogP contribution in [-0.2, 0) is 7.05 Å². The van der Waals surface area contributed by atoms with Crippen LogP contribution in [0.1, 0.15) is 29.1 Å². The zero-order valence-electron chi connectivity index (χ0n) is 10.7. The summed E-state index contributed by atoms with van der Waals surface area (Å²) in [5.41, 5.74) is 6.69. The Labute approximate surface area is 110 Å². The van der Waals surface area contributed by atoms with Crippen LogP contribution in [-0.4, -0.2) is 25.8 Å². The quantitative estimate of drug-likeness (QED) is 0.715. The molecule has 4 N–H and O–H groups in total. The molecular formula is C12H15N5O2. The second kappa shape index (κ2) is 4.97. The third kappa shape index (κ3) is 2.49. The van der Waals surface area contributed by atoms with Gasteiger partial charge in [0, 0.05) is 7.05 Å². The van der Waals surface area contributed by atoms with Crippen molar-refractivity contribution in [1.29, 1.82) is 0 Å². The molecule has 1 heterocycles. The Morgan fingerprint density at radius 2 is 2.26 bits per heavy atom. The third-order valence-corrected chi connectivity index (χ3v) is 2.84. The fourth-order valence-corrected chi connectivity index (χ4v) is 1.86. The number of aromatic carboxylic acids is 1. The lowest BCUT2D eigenvalue weighted by Crippen LogP contribution is -2.14. The van der Waals surface area contributed by atoms with Gasteiger partial charge in [-0.2, -0.15) is 0 Å². The number of para-hydroxylation sites is 1. The zero-order valence-corrected chi connectivity index (χ0v) is 10.7. The molecule has 0 aliphatic heterocycles. The number of aryl methyl sites for hydroxylation is 1. The lowest BCUT2D eigenvalue weighted by Gasteiger charge is -2.16. The molecule has 7 heteroatoms. The molecule has 0 aliphatic carbocycles. The number of anilines is 2. The van der Waals surface area contributed by atoms with Gasteiger partial charge in [0.1, 0.15) is 6.33 Å². The number of carboxylic acids is 1. The van der Waals surface area contributed by atoms with Crippen LogP contribution in [0, 0.1) is 0 Å². The van der Waals surface area contributed by atoms with Gasteiger partial charge in [-0.3, -0.25) is 0 Å². The van der Waals surface area contributed by atoms with Crippen molar-refractivity contribution >= 4 is 17.3 Å². The highest BCUT2D eigenvalue weighted by atomic mass is 16.4. The van der Waals surface area contributed by atoms with Crippen molar-refractivity contribution in [3.05, 3.63) is 35.9 Å². The van der Waals surface area contributed by atoms with E-state index in [1.807, 2.05) is 14.0 Å². The summed E-state index contributed by atoms with van der Waals surface area (Å²) in [6, 6.07) is 4.70. The minimum atomic E-state index is -1.05. The SMILES string of the molecule is CC(Nc1cccc(C(=O)O)c1N)c1nncn1C. The highest BCUT2D eigenvalue weighted by molar-refractivity contribution is 5.97. The lowest BCUT2D eigenvalue weighted by atomic mass is 10.1. The van der Waals surface area contributed by atoms with Gasteiger partial charge in [-0.1, -0.05) is 6.07 Å². The fraction of sp³-hybridized carbons (Fsp3) is 0.250. The standard InChI is InChI=1S/C12H15N5O2/c1-7(11-16-14-6-17(11)2)15-9-5-3-4-8(10(9)13)12(18)19/h3-7,15H,13H2,1-2H3,(H,18,19). The van der Waals surface area contributed by atoms with Crippen molar-refractivity contribution in [2.75, 3.05) is 11.1 Å². The van der Waals surface area contributed by atoms with Crippen molar-refractivity contribution in [2.45, 2.75) is 13.0 Å². The minimum absolute atomic E-state index is 0.0789. The molecule has 0 spiro atoms. The van der Waals surface area contributed by atoms with Gasteiger partial charge in [0.05, 0.1) is 23.0 Å². The summed E-state index contributed by atoms with van der Waals surface area (Å²) in [5.74, 6) is -0.312. The molecule has 0 fully saturated rings. The number of aromatic nitrogens is 3. The number of nitrogens with one attached hydrogen (secondary N) is 1. The van der Waals surface area contributed by atoms with E-state index in [2.05, 4.69) is 15.5 Å². The largest absolute Gasteiger partial charge is 0.478 e. The predicted molar refractivity (Wildman–Crippen MR) is 70.9 cm³/mol. The molecule has 1 atom stereocenters. The molecule has 0 aliphatic rings. The summed E-state index contributed by atoms with van der Waals surface area (Å²) in [6.45, 7) is 1.90. The minimum Gasteiger partial charge on any atom is -0.478 e. The number of rotatable bonds is 4. The van der Waals surface area contributed by atoms with E-state index in [0.29, 0.717) is 5.69 Å². The van der Waals surface area contributed by atoms with E-state index in [0.717, 1.165) is 5.82 Å². The van der Waals surface area contributed by atoms with E-state index >= 15 is 0 Å². The second-order valence-electron chi connectivity index (χ2n) is 4.24. The predicted octanol–water partition coefficient (Wildman–Crippen LogP) is 1.27. The van der Waals surface area contributed by atoms with Crippen molar-refractivity contribution in [3.63, 3.8) is 0 Å². The Morgan fingerprint density at radius 3 is 2.84 bits per heavy atom. The van der Waals surface area contributed by atoms with Crippen molar-refractivity contribution in [2.24, 2.45) is 7.05 Å². The van der Waals surface area contributed by atoms with Crippen LogP contribution in [0.15, 0.2) is 24.5 Å². The van der Waals surface area contributed by atoms with Crippen LogP contribution >= 0.6 is 0 Å². The number of benzene rings is 1. The number of nitrogens with zero attached hydrogens (tertiary/aromatic N) is 3. The molecule has 2 rings (SSSR count). The normalized spacial score (nSPS) is 12.1. The van der Waals surface area contributed by atoms with Crippen molar-refractivity contribution in [3.8, 4) is 0 Å². The summed E-state index contributed by atoms with van der Waals surface area (Å²) < 4.78 is 1.79. The first-order valence-corrected chi connectivity index (χ1v) is 5.73. The maximum absolute atomic E-state index is 11.0. The summed E-state index contributed by atoms with van der Waals surface area (Å²) in [5, 5.41) is 19.9. The van der Waals surface area contributed by atoms with E-state index in [-0.39, 0.29) is 17.3 Å². The van der Waals surface area contributed by atoms with Gasteiger partial charge in [-0.05, 0) is 19.1 Å². The number of carbonyl (C=O) groups is 1. The van der Waals surface area contributed by atoms with Gasteiger partial charge in [-0.25, -0.2) is 4.79 Å². The molecular weight excluding hydrogens is 246 g/mol. The van der Waals surface area contributed by atoms with Crippen LogP contribution in [0.2, 0.25) is 0 Å². The van der Waals surface area contributed by atoms with Crippen LogP contribution in [0.3, 0.4) is 0 Å². The topological polar surface area (TPSA) is 106 Å². The first-order valence-electron chi connectivity index (χ1n) is 5.73. The maximum Gasteiger partial charge on any atom is 0.337 e. The number of hydrogen-bond donors (Lipinski definition) is 3. The molecule has 1 aromatic carbocycles. The van der Waals surface area contributed by atoms with E-state index < -0.39 is 5.97 Å². The zero-order chi connectivity index (χ0) is 14.0. The highest BCUT2D eigenvalue weighted by Crippen LogP contribution is 2.26. The fourth-order valence-electron chi connectivity index (χ4n) is 1.86. The van der Waals surface area contributed by atoms with Crippen LogP contribution < -0.4 is 11.1 Å². The summed E-state index contributed by atoms with van der Waals surface area (Å²) >= 11 is 0. The van der Waals surface area contributed by atoms with Gasteiger partial charge < -0.3 is 20.7 Å². The van der Waals surface area contributed by atoms with Crippen LogP contribution in [0.25, 0.3) is 0 Å². The molecule has 0 radical (unpaired) electrons. The highest BCUT2D eigenvalue weighted by Gasteiger charge is 2.15. The smallest absolute Gasteiger partial charge is 0.337 e. The van der Waals surface area contributed by atoms with Crippen molar-refractivity contribution in [1.82, 2.24) is 14.8 Å². The molecule has 1 aromatic heterocycles. The first kappa shape index (κ1) is 12.9. The lowest BCUT2D eigenvalue weighted by molar-refractivity contribution is 0.0698. The van der Waals surface area contributed by atoms with E-state index in [4.69, 9.17) is 10.8 Å². The summed E-state index contributed by atoms with van der Waals surface area (Å²) in [6.07, 6.45) is 1.60. The van der Waals surface area contributed by atoms with Crippen molar-refractivity contribution < 1.29 is 9.90 Å². The summed E-state index contributed by atoms with van der Waals surface area (Å²) in [4.78, 5) is 11.0. The number of carboxylic acid groups (broad SMARTS) is 1. The average molecular weight is 261 g/mol. The average Bonchev–Trinajstić information content (AvgIpc) is 2.77. The van der Waals surface area contributed by atoms with Gasteiger partial charge in [0.2, 0.25) is 0 Å². The van der Waals surface area contributed by atoms with Gasteiger partial charge in [-0.15, -0.1) is 10.2 Å². The summed E-state index contributed by atoms with van der Waals surface area (Å²) in [7, 11) is 1.84. The van der Waals surface area contributed by atoms with E-state index in [9.17, 15) is 4.79 Å². The molecule has 0 bridgehead atoms. The second-order valence-corrected chi connectivity index (χ2v) is 4.24. The molecule has 7 nitrogen and oxygen atoms in total. The number of hydrogen-bond acceptors (Lipinski definition) is 5.